The Hall–Kier alpha value is -2.83. The second-order valence-electron chi connectivity index (χ2n) is 7.80. The summed E-state index contributed by atoms with van der Waals surface area (Å²) in [4.78, 5) is 22.3. The van der Waals surface area contributed by atoms with Crippen LogP contribution in [0.1, 0.15) is 29.8 Å². The van der Waals surface area contributed by atoms with Gasteiger partial charge in [0, 0.05) is 49.6 Å². The van der Waals surface area contributed by atoms with Crippen molar-refractivity contribution in [1.82, 2.24) is 14.5 Å². The molecule has 2 aromatic heterocycles. The molecule has 6 nitrogen and oxygen atoms in total. The lowest BCUT2D eigenvalue weighted by atomic mass is 9.96. The highest BCUT2D eigenvalue weighted by Crippen LogP contribution is 2.34. The fraction of sp³-hybridized carbons (Fsp3) is 0.333. The lowest BCUT2D eigenvalue weighted by molar-refractivity contribution is 0.207. The number of hydrogen-bond donors (Lipinski definition) is 1. The van der Waals surface area contributed by atoms with Gasteiger partial charge in [0.2, 0.25) is 0 Å². The average molecular weight is 439 g/mol. The third kappa shape index (κ3) is 4.31. The van der Waals surface area contributed by atoms with E-state index in [0.717, 1.165) is 43.3 Å². The van der Waals surface area contributed by atoms with Gasteiger partial charge in [0.1, 0.15) is 11.6 Å². The van der Waals surface area contributed by atoms with E-state index in [9.17, 15) is 9.90 Å². The van der Waals surface area contributed by atoms with Gasteiger partial charge in [-0.3, -0.25) is 9.69 Å². The van der Waals surface area contributed by atoms with Gasteiger partial charge in [-0.15, -0.1) is 0 Å². The van der Waals surface area contributed by atoms with Crippen LogP contribution in [0.5, 0.6) is 5.75 Å². The summed E-state index contributed by atoms with van der Waals surface area (Å²) in [6.45, 7) is 7.35. The van der Waals surface area contributed by atoms with Crippen molar-refractivity contribution in [3.8, 4) is 5.75 Å². The molecular formula is C24H27ClN4O2. The van der Waals surface area contributed by atoms with Crippen LogP contribution < -0.4 is 10.5 Å². The quantitative estimate of drug-likeness (QED) is 0.655. The first-order valence-electron chi connectivity index (χ1n) is 10.6. The number of rotatable bonds is 5. The molecule has 0 amide bonds. The van der Waals surface area contributed by atoms with Crippen molar-refractivity contribution in [3.63, 3.8) is 0 Å². The van der Waals surface area contributed by atoms with E-state index < -0.39 is 0 Å². The standard InChI is InChI=1S/C24H27ClN4O2/c1-3-29-17(2)15-20(30)22(24(29)31)23(18-7-6-8-19(25)16-18)28-13-11-27(12-14-28)21-9-4-5-10-26-21/h4-10,15-16,23,30H,3,11-14H2,1-2H3/t23-/m1/s1. The van der Waals surface area contributed by atoms with Crippen molar-refractivity contribution in [2.45, 2.75) is 26.4 Å². The predicted molar refractivity (Wildman–Crippen MR) is 124 cm³/mol. The minimum absolute atomic E-state index is 0.0318. The van der Waals surface area contributed by atoms with E-state index in [1.165, 1.54) is 0 Å². The monoisotopic (exact) mass is 438 g/mol. The van der Waals surface area contributed by atoms with Gasteiger partial charge in [0.15, 0.2) is 0 Å². The fourth-order valence-corrected chi connectivity index (χ4v) is 4.60. The fourth-order valence-electron chi connectivity index (χ4n) is 4.41. The van der Waals surface area contributed by atoms with Crippen LogP contribution in [-0.2, 0) is 6.54 Å². The first-order valence-corrected chi connectivity index (χ1v) is 11.0. The molecule has 1 aliphatic heterocycles. The second-order valence-corrected chi connectivity index (χ2v) is 8.24. The van der Waals surface area contributed by atoms with Crippen LogP contribution in [0.4, 0.5) is 5.82 Å². The van der Waals surface area contributed by atoms with Crippen molar-refractivity contribution < 1.29 is 5.11 Å². The molecule has 3 heterocycles. The van der Waals surface area contributed by atoms with Gasteiger partial charge in [0.25, 0.3) is 5.56 Å². The second kappa shape index (κ2) is 9.12. The molecule has 1 saturated heterocycles. The third-order valence-corrected chi connectivity index (χ3v) is 6.16. The summed E-state index contributed by atoms with van der Waals surface area (Å²) in [7, 11) is 0. The number of hydrogen-bond acceptors (Lipinski definition) is 5. The van der Waals surface area contributed by atoms with Gasteiger partial charge < -0.3 is 14.6 Å². The zero-order valence-electron chi connectivity index (χ0n) is 17.8. The molecule has 1 fully saturated rings. The summed E-state index contributed by atoms with van der Waals surface area (Å²) < 4.78 is 1.71. The molecule has 0 unspecified atom stereocenters. The molecule has 1 N–H and O–H groups in total. The number of aromatic nitrogens is 2. The van der Waals surface area contributed by atoms with Gasteiger partial charge >= 0.3 is 0 Å². The summed E-state index contributed by atoms with van der Waals surface area (Å²) in [5.74, 6) is 0.984. The Kier molecular flexibility index (Phi) is 6.30. The molecule has 0 bridgehead atoms. The molecule has 7 heteroatoms. The predicted octanol–water partition coefficient (Wildman–Crippen LogP) is 3.84. The Morgan fingerprint density at radius 1 is 1.10 bits per heavy atom. The number of pyridine rings is 2. The Morgan fingerprint density at radius 2 is 1.87 bits per heavy atom. The van der Waals surface area contributed by atoms with E-state index in [1.54, 1.807) is 16.8 Å². The number of aromatic hydroxyl groups is 1. The highest BCUT2D eigenvalue weighted by molar-refractivity contribution is 6.30. The number of benzene rings is 1. The van der Waals surface area contributed by atoms with E-state index >= 15 is 0 Å². The van der Waals surface area contributed by atoms with Crippen LogP contribution in [0.2, 0.25) is 5.02 Å². The van der Waals surface area contributed by atoms with E-state index in [4.69, 9.17) is 11.6 Å². The molecular weight excluding hydrogens is 412 g/mol. The summed E-state index contributed by atoms with van der Waals surface area (Å²) in [5.41, 5.74) is 1.90. The molecule has 1 aliphatic rings. The summed E-state index contributed by atoms with van der Waals surface area (Å²) >= 11 is 6.30. The van der Waals surface area contributed by atoms with E-state index in [2.05, 4.69) is 14.8 Å². The lowest BCUT2D eigenvalue weighted by Gasteiger charge is -2.40. The first-order chi connectivity index (χ1) is 15.0. The zero-order chi connectivity index (χ0) is 22.0. The molecule has 1 atom stereocenters. The molecule has 0 spiro atoms. The smallest absolute Gasteiger partial charge is 0.259 e. The van der Waals surface area contributed by atoms with E-state index in [-0.39, 0.29) is 17.4 Å². The molecule has 1 aromatic carbocycles. The normalized spacial score (nSPS) is 15.8. The third-order valence-electron chi connectivity index (χ3n) is 5.93. The van der Waals surface area contributed by atoms with Crippen LogP contribution in [0.3, 0.4) is 0 Å². The van der Waals surface area contributed by atoms with Crippen molar-refractivity contribution in [3.05, 3.63) is 86.9 Å². The molecule has 31 heavy (non-hydrogen) atoms. The molecule has 4 rings (SSSR count). The van der Waals surface area contributed by atoms with Crippen LogP contribution >= 0.6 is 11.6 Å². The molecule has 0 radical (unpaired) electrons. The minimum Gasteiger partial charge on any atom is -0.507 e. The topological polar surface area (TPSA) is 61.6 Å². The van der Waals surface area contributed by atoms with Crippen LogP contribution in [0.25, 0.3) is 0 Å². The number of anilines is 1. The first kappa shape index (κ1) is 21.4. The largest absolute Gasteiger partial charge is 0.507 e. The van der Waals surface area contributed by atoms with Gasteiger partial charge in [0.05, 0.1) is 11.6 Å². The number of aryl methyl sites for hydroxylation is 1. The molecule has 0 saturated carbocycles. The van der Waals surface area contributed by atoms with Crippen molar-refractivity contribution in [1.29, 1.82) is 0 Å². The maximum atomic E-state index is 13.4. The lowest BCUT2D eigenvalue weighted by Crippen LogP contribution is -2.49. The summed E-state index contributed by atoms with van der Waals surface area (Å²) in [6.07, 6.45) is 1.80. The number of piperazine rings is 1. The van der Waals surface area contributed by atoms with E-state index in [0.29, 0.717) is 17.1 Å². The zero-order valence-corrected chi connectivity index (χ0v) is 18.6. The highest BCUT2D eigenvalue weighted by atomic mass is 35.5. The maximum absolute atomic E-state index is 13.4. The highest BCUT2D eigenvalue weighted by Gasteiger charge is 2.31. The Balaban J connectivity index is 1.73. The molecule has 162 valence electrons. The van der Waals surface area contributed by atoms with Crippen molar-refractivity contribution in [2.75, 3.05) is 31.1 Å². The maximum Gasteiger partial charge on any atom is 0.259 e. The molecule has 0 aliphatic carbocycles. The summed E-state index contributed by atoms with van der Waals surface area (Å²) in [5, 5.41) is 11.5. The van der Waals surface area contributed by atoms with E-state index in [1.807, 2.05) is 56.3 Å². The van der Waals surface area contributed by atoms with Crippen molar-refractivity contribution in [2.24, 2.45) is 0 Å². The van der Waals surface area contributed by atoms with Crippen LogP contribution in [-0.4, -0.2) is 45.7 Å². The number of nitrogens with zero attached hydrogens (tertiary/aromatic N) is 4. The van der Waals surface area contributed by atoms with Gasteiger partial charge in [-0.1, -0.05) is 29.8 Å². The Labute approximate surface area is 187 Å². The van der Waals surface area contributed by atoms with Gasteiger partial charge in [-0.2, -0.15) is 0 Å². The minimum atomic E-state index is -0.379. The van der Waals surface area contributed by atoms with Gasteiger partial charge in [-0.25, -0.2) is 4.98 Å². The Bertz CT molecular complexity index is 1110. The molecule has 3 aromatic rings. The van der Waals surface area contributed by atoms with Crippen LogP contribution in [0, 0.1) is 6.92 Å². The van der Waals surface area contributed by atoms with Crippen molar-refractivity contribution >= 4 is 17.4 Å². The average Bonchev–Trinajstić information content (AvgIpc) is 2.77. The van der Waals surface area contributed by atoms with Gasteiger partial charge in [-0.05, 0) is 49.7 Å². The Morgan fingerprint density at radius 3 is 2.52 bits per heavy atom. The van der Waals surface area contributed by atoms with Crippen LogP contribution in [0.15, 0.2) is 59.5 Å². The number of halogens is 1. The SMILES string of the molecule is CCn1c(C)cc(O)c([C@@H](c2cccc(Cl)c2)N2CCN(c3ccccn3)CC2)c1=O. The summed E-state index contributed by atoms with van der Waals surface area (Å²) in [6, 6.07) is 14.8.